The smallest absolute Gasteiger partial charge is 0.328 e. The van der Waals surface area contributed by atoms with E-state index in [9.17, 15) is 19.7 Å². The van der Waals surface area contributed by atoms with Crippen molar-refractivity contribution < 1.29 is 14.5 Å². The van der Waals surface area contributed by atoms with Gasteiger partial charge in [-0.1, -0.05) is 6.42 Å². The van der Waals surface area contributed by atoms with Crippen LogP contribution >= 0.6 is 0 Å². The van der Waals surface area contributed by atoms with Crippen LogP contribution in [0.2, 0.25) is 0 Å². The number of carbonyl (C=O) groups is 2. The van der Waals surface area contributed by atoms with E-state index in [2.05, 4.69) is 5.32 Å². The number of fused-ring (bicyclic) bond motifs is 1. The molecule has 1 saturated heterocycles. The van der Waals surface area contributed by atoms with Crippen molar-refractivity contribution in [3.05, 3.63) is 34.4 Å². The largest absolute Gasteiger partial charge is 0.334 e. The molecule has 2 atom stereocenters. The van der Waals surface area contributed by atoms with Crippen LogP contribution in [-0.2, 0) is 4.79 Å². The number of anilines is 1. The minimum Gasteiger partial charge on any atom is -0.334 e. The van der Waals surface area contributed by atoms with E-state index in [0.717, 1.165) is 24.2 Å². The normalized spacial score (nSPS) is 25.3. The van der Waals surface area contributed by atoms with Gasteiger partial charge in [-0.2, -0.15) is 0 Å². The average molecular weight is 275 g/mol. The Morgan fingerprint density at radius 3 is 2.55 bits per heavy atom. The second-order valence-corrected chi connectivity index (χ2v) is 5.04. The highest BCUT2D eigenvalue weighted by atomic mass is 16.6. The number of nitrogens with zero attached hydrogens (tertiary/aromatic N) is 2. The summed E-state index contributed by atoms with van der Waals surface area (Å²) in [6.07, 6.45) is 2.53. The molecule has 7 nitrogen and oxygen atoms in total. The molecule has 3 amide bonds. The van der Waals surface area contributed by atoms with E-state index in [1.165, 1.54) is 24.3 Å². The Labute approximate surface area is 114 Å². The number of carbonyl (C=O) groups excluding carboxylic acids is 2. The summed E-state index contributed by atoms with van der Waals surface area (Å²) in [7, 11) is 0. The summed E-state index contributed by atoms with van der Waals surface area (Å²) < 4.78 is 0. The lowest BCUT2D eigenvalue weighted by molar-refractivity contribution is -0.384. The first-order chi connectivity index (χ1) is 9.58. The van der Waals surface area contributed by atoms with Crippen molar-refractivity contribution in [2.45, 2.75) is 25.3 Å². The molecule has 7 heteroatoms. The van der Waals surface area contributed by atoms with E-state index in [4.69, 9.17) is 0 Å². The van der Waals surface area contributed by atoms with Crippen molar-refractivity contribution in [3.63, 3.8) is 0 Å². The van der Waals surface area contributed by atoms with Crippen LogP contribution in [0.3, 0.4) is 0 Å². The van der Waals surface area contributed by atoms with Gasteiger partial charge in [-0.15, -0.1) is 0 Å². The Morgan fingerprint density at radius 1 is 1.20 bits per heavy atom. The highest BCUT2D eigenvalue weighted by Gasteiger charge is 2.44. The molecule has 2 unspecified atom stereocenters. The summed E-state index contributed by atoms with van der Waals surface area (Å²) in [4.78, 5) is 35.6. The minimum atomic E-state index is -0.519. The number of nitro groups is 1. The quantitative estimate of drug-likeness (QED) is 0.658. The molecule has 0 spiro atoms. The monoisotopic (exact) mass is 275 g/mol. The lowest BCUT2D eigenvalue weighted by atomic mass is 9.99. The Bertz CT molecular complexity index is 584. The molecule has 3 rings (SSSR count). The van der Waals surface area contributed by atoms with Crippen LogP contribution in [0.5, 0.6) is 0 Å². The second kappa shape index (κ2) is 4.59. The fourth-order valence-electron chi connectivity index (χ4n) is 2.89. The first kappa shape index (κ1) is 12.6. The zero-order valence-electron chi connectivity index (χ0n) is 10.6. The van der Waals surface area contributed by atoms with Crippen LogP contribution in [-0.4, -0.2) is 22.9 Å². The van der Waals surface area contributed by atoms with E-state index in [1.807, 2.05) is 0 Å². The molecule has 20 heavy (non-hydrogen) atoms. The van der Waals surface area contributed by atoms with Crippen LogP contribution in [0, 0.1) is 16.0 Å². The number of imide groups is 1. The molecule has 1 aliphatic carbocycles. The summed E-state index contributed by atoms with van der Waals surface area (Å²) >= 11 is 0. The third-order valence-electron chi connectivity index (χ3n) is 3.88. The highest BCUT2D eigenvalue weighted by molar-refractivity contribution is 6.17. The van der Waals surface area contributed by atoms with Crippen molar-refractivity contribution in [3.8, 4) is 0 Å². The number of nitro benzene ring substituents is 1. The number of non-ortho nitro benzene ring substituents is 1. The van der Waals surface area contributed by atoms with E-state index in [1.54, 1.807) is 0 Å². The minimum absolute atomic E-state index is 0.0655. The van der Waals surface area contributed by atoms with Crippen molar-refractivity contribution in [2.75, 3.05) is 4.90 Å². The van der Waals surface area contributed by atoms with Gasteiger partial charge in [-0.05, 0) is 25.0 Å². The van der Waals surface area contributed by atoms with Gasteiger partial charge in [0.1, 0.15) is 0 Å². The summed E-state index contributed by atoms with van der Waals surface area (Å²) in [5.41, 5.74) is 0.292. The molecule has 104 valence electrons. The van der Waals surface area contributed by atoms with Crippen LogP contribution in [0.15, 0.2) is 24.3 Å². The molecular weight excluding hydrogens is 262 g/mol. The summed E-state index contributed by atoms with van der Waals surface area (Å²) in [5.74, 6) is -0.395. The summed E-state index contributed by atoms with van der Waals surface area (Å²) in [6.45, 7) is 0. The molecule has 0 radical (unpaired) electrons. The fraction of sp³-hybridized carbons (Fsp3) is 0.385. The standard InChI is InChI=1S/C13H13N3O4/c17-12-10-2-1-3-11(10)14-13(18)15(12)8-4-6-9(7-5-8)16(19)20/h4-7,10-11H,1-3H2,(H,14,18). The Hall–Kier alpha value is -2.44. The third-order valence-corrected chi connectivity index (χ3v) is 3.88. The maximum absolute atomic E-state index is 12.4. The van der Waals surface area contributed by atoms with Gasteiger partial charge in [-0.3, -0.25) is 14.9 Å². The van der Waals surface area contributed by atoms with Gasteiger partial charge in [0, 0.05) is 18.2 Å². The van der Waals surface area contributed by atoms with Crippen LogP contribution in [0.1, 0.15) is 19.3 Å². The van der Waals surface area contributed by atoms with Gasteiger partial charge >= 0.3 is 6.03 Å². The van der Waals surface area contributed by atoms with Gasteiger partial charge in [0.2, 0.25) is 5.91 Å². The molecule has 0 aromatic heterocycles. The second-order valence-electron chi connectivity index (χ2n) is 5.04. The fourth-order valence-corrected chi connectivity index (χ4v) is 2.89. The van der Waals surface area contributed by atoms with Crippen molar-refractivity contribution >= 4 is 23.3 Å². The van der Waals surface area contributed by atoms with Gasteiger partial charge in [0.15, 0.2) is 0 Å². The molecule has 1 saturated carbocycles. The number of hydrogen-bond donors (Lipinski definition) is 1. The van der Waals surface area contributed by atoms with Crippen molar-refractivity contribution in [1.82, 2.24) is 5.32 Å². The SMILES string of the molecule is O=C1NC2CCCC2C(=O)N1c1ccc([N+](=O)[O-])cc1. The number of benzene rings is 1. The first-order valence-corrected chi connectivity index (χ1v) is 6.47. The Kier molecular flexibility index (Phi) is 2.89. The van der Waals surface area contributed by atoms with E-state index < -0.39 is 11.0 Å². The van der Waals surface area contributed by atoms with Gasteiger partial charge < -0.3 is 5.32 Å². The Morgan fingerprint density at radius 2 is 1.90 bits per heavy atom. The summed E-state index contributed by atoms with van der Waals surface area (Å²) in [5, 5.41) is 13.4. The zero-order chi connectivity index (χ0) is 14.3. The molecule has 2 aliphatic rings. The zero-order valence-corrected chi connectivity index (χ0v) is 10.6. The molecule has 1 aliphatic heterocycles. The van der Waals surface area contributed by atoms with Crippen molar-refractivity contribution in [1.29, 1.82) is 0 Å². The average Bonchev–Trinajstić information content (AvgIpc) is 2.87. The van der Waals surface area contributed by atoms with Gasteiger partial charge in [0.05, 0.1) is 16.5 Å². The molecule has 1 aromatic carbocycles. The lowest BCUT2D eigenvalue weighted by Gasteiger charge is -2.33. The predicted molar refractivity (Wildman–Crippen MR) is 70.2 cm³/mol. The number of urea groups is 1. The molecule has 1 heterocycles. The lowest BCUT2D eigenvalue weighted by Crippen LogP contribution is -2.58. The Balaban J connectivity index is 1.90. The molecule has 2 fully saturated rings. The van der Waals surface area contributed by atoms with Crippen LogP contribution in [0.25, 0.3) is 0 Å². The van der Waals surface area contributed by atoms with E-state index in [-0.39, 0.29) is 23.6 Å². The predicted octanol–water partition coefficient (Wildman–Crippen LogP) is 1.82. The molecule has 0 bridgehead atoms. The van der Waals surface area contributed by atoms with Crippen molar-refractivity contribution in [2.24, 2.45) is 5.92 Å². The topological polar surface area (TPSA) is 92.6 Å². The van der Waals surface area contributed by atoms with Crippen LogP contribution in [0.4, 0.5) is 16.2 Å². The maximum atomic E-state index is 12.4. The van der Waals surface area contributed by atoms with Crippen LogP contribution < -0.4 is 10.2 Å². The van der Waals surface area contributed by atoms with Gasteiger partial charge in [0.25, 0.3) is 5.69 Å². The maximum Gasteiger partial charge on any atom is 0.328 e. The number of amides is 3. The number of nitrogens with one attached hydrogen (secondary N) is 1. The molecular formula is C13H13N3O4. The molecule has 1 aromatic rings. The number of rotatable bonds is 2. The highest BCUT2D eigenvalue weighted by Crippen LogP contribution is 2.33. The van der Waals surface area contributed by atoms with E-state index in [0.29, 0.717) is 5.69 Å². The number of hydrogen-bond acceptors (Lipinski definition) is 4. The third kappa shape index (κ3) is 1.91. The summed E-state index contributed by atoms with van der Waals surface area (Å²) in [6, 6.07) is 4.90. The van der Waals surface area contributed by atoms with Gasteiger partial charge in [-0.25, -0.2) is 9.69 Å². The molecule has 1 N–H and O–H groups in total. The first-order valence-electron chi connectivity index (χ1n) is 6.47. The van der Waals surface area contributed by atoms with E-state index >= 15 is 0 Å².